The van der Waals surface area contributed by atoms with Crippen LogP contribution < -0.4 is 0 Å². The minimum absolute atomic E-state index is 0.0174. The van der Waals surface area contributed by atoms with Crippen LogP contribution in [0.1, 0.15) is 42.7 Å². The molecule has 1 saturated heterocycles. The zero-order chi connectivity index (χ0) is 18.2. The Kier molecular flexibility index (Phi) is 4.75. The number of hydrogen-bond acceptors (Lipinski definition) is 2. The molecule has 4 nitrogen and oxygen atoms in total. The SMILES string of the molecule is O=C(O)CC1CCN(C(=O)C2CC2c2cccc(C(F)(F)F)c2)CC1. The predicted molar refractivity (Wildman–Crippen MR) is 83.8 cm³/mol. The summed E-state index contributed by atoms with van der Waals surface area (Å²) in [6.45, 7) is 1.06. The number of carboxylic acid groups (broad SMARTS) is 1. The second kappa shape index (κ2) is 6.69. The van der Waals surface area contributed by atoms with Crippen LogP contribution in [-0.4, -0.2) is 35.0 Å². The van der Waals surface area contributed by atoms with Gasteiger partial charge in [0, 0.05) is 25.4 Å². The molecule has 2 unspecified atom stereocenters. The summed E-state index contributed by atoms with van der Waals surface area (Å²) in [5, 5.41) is 8.82. The Hall–Kier alpha value is -2.05. The van der Waals surface area contributed by atoms with Crippen LogP contribution in [0, 0.1) is 11.8 Å². The van der Waals surface area contributed by atoms with Gasteiger partial charge in [-0.15, -0.1) is 0 Å². The Morgan fingerprint density at radius 2 is 1.88 bits per heavy atom. The third kappa shape index (κ3) is 4.14. The highest BCUT2D eigenvalue weighted by atomic mass is 19.4. The molecule has 1 aromatic carbocycles. The Morgan fingerprint density at radius 3 is 2.48 bits per heavy atom. The first-order chi connectivity index (χ1) is 11.8. The predicted octanol–water partition coefficient (Wildman–Crippen LogP) is 3.52. The number of carboxylic acids is 1. The van der Waals surface area contributed by atoms with Gasteiger partial charge >= 0.3 is 12.1 Å². The molecule has 136 valence electrons. The summed E-state index contributed by atoms with van der Waals surface area (Å²) in [6.07, 6.45) is -2.35. The van der Waals surface area contributed by atoms with Crippen molar-refractivity contribution in [3.05, 3.63) is 35.4 Å². The molecule has 1 aliphatic heterocycles. The highest BCUT2D eigenvalue weighted by Gasteiger charge is 2.46. The Labute approximate surface area is 143 Å². The van der Waals surface area contributed by atoms with E-state index >= 15 is 0 Å². The summed E-state index contributed by atoms with van der Waals surface area (Å²) in [4.78, 5) is 25.0. The van der Waals surface area contributed by atoms with Crippen molar-refractivity contribution < 1.29 is 27.9 Å². The van der Waals surface area contributed by atoms with Gasteiger partial charge < -0.3 is 10.0 Å². The lowest BCUT2D eigenvalue weighted by Crippen LogP contribution is -2.40. The smallest absolute Gasteiger partial charge is 0.416 e. The van der Waals surface area contributed by atoms with E-state index in [0.29, 0.717) is 37.9 Å². The second-order valence-corrected chi connectivity index (χ2v) is 6.94. The zero-order valence-corrected chi connectivity index (χ0v) is 13.6. The van der Waals surface area contributed by atoms with Crippen molar-refractivity contribution in [1.82, 2.24) is 4.90 Å². The molecule has 1 aliphatic carbocycles. The minimum Gasteiger partial charge on any atom is -0.481 e. The monoisotopic (exact) mass is 355 g/mol. The maximum absolute atomic E-state index is 12.8. The van der Waals surface area contributed by atoms with Crippen molar-refractivity contribution in [3.63, 3.8) is 0 Å². The van der Waals surface area contributed by atoms with Crippen LogP contribution in [0.25, 0.3) is 0 Å². The Bertz CT molecular complexity index is 666. The van der Waals surface area contributed by atoms with Gasteiger partial charge in [-0.25, -0.2) is 0 Å². The van der Waals surface area contributed by atoms with Gasteiger partial charge in [0.25, 0.3) is 0 Å². The van der Waals surface area contributed by atoms with E-state index in [0.717, 1.165) is 12.1 Å². The van der Waals surface area contributed by atoms with Crippen LogP contribution in [0.2, 0.25) is 0 Å². The summed E-state index contributed by atoms with van der Waals surface area (Å²) in [6, 6.07) is 5.20. The van der Waals surface area contributed by atoms with Crippen molar-refractivity contribution in [1.29, 1.82) is 0 Å². The van der Waals surface area contributed by atoms with Crippen molar-refractivity contribution in [2.75, 3.05) is 13.1 Å². The lowest BCUT2D eigenvalue weighted by atomic mass is 9.93. The average molecular weight is 355 g/mol. The van der Waals surface area contributed by atoms with Gasteiger partial charge in [0.2, 0.25) is 5.91 Å². The topological polar surface area (TPSA) is 57.6 Å². The molecule has 7 heteroatoms. The number of carbonyl (C=O) groups is 2. The third-order valence-corrected chi connectivity index (χ3v) is 5.14. The molecule has 1 aromatic rings. The summed E-state index contributed by atoms with van der Waals surface area (Å²) in [5.41, 5.74) is -0.119. The average Bonchev–Trinajstić information content (AvgIpc) is 3.34. The summed E-state index contributed by atoms with van der Waals surface area (Å²) in [5.74, 6) is -1.14. The molecule has 2 aliphatic rings. The molecule has 1 saturated carbocycles. The number of amides is 1. The summed E-state index contributed by atoms with van der Waals surface area (Å²) >= 11 is 0. The van der Waals surface area contributed by atoms with Gasteiger partial charge in [0.05, 0.1) is 5.56 Å². The van der Waals surface area contributed by atoms with Crippen molar-refractivity contribution in [2.45, 2.75) is 37.8 Å². The zero-order valence-electron chi connectivity index (χ0n) is 13.6. The summed E-state index contributed by atoms with van der Waals surface area (Å²) in [7, 11) is 0. The van der Waals surface area contributed by atoms with Crippen LogP contribution in [-0.2, 0) is 15.8 Å². The maximum Gasteiger partial charge on any atom is 0.416 e. The van der Waals surface area contributed by atoms with Crippen LogP contribution in [0.15, 0.2) is 24.3 Å². The van der Waals surface area contributed by atoms with Gasteiger partial charge in [-0.3, -0.25) is 9.59 Å². The fraction of sp³-hybridized carbons (Fsp3) is 0.556. The molecule has 3 rings (SSSR count). The molecule has 1 heterocycles. The van der Waals surface area contributed by atoms with Gasteiger partial charge in [-0.1, -0.05) is 18.2 Å². The van der Waals surface area contributed by atoms with Gasteiger partial charge in [-0.2, -0.15) is 13.2 Å². The van der Waals surface area contributed by atoms with E-state index < -0.39 is 17.7 Å². The fourth-order valence-corrected chi connectivity index (χ4v) is 3.62. The van der Waals surface area contributed by atoms with E-state index in [1.54, 1.807) is 11.0 Å². The van der Waals surface area contributed by atoms with Gasteiger partial charge in [0.15, 0.2) is 0 Å². The van der Waals surface area contributed by atoms with Crippen LogP contribution in [0.5, 0.6) is 0 Å². The standard InChI is InChI=1S/C18H20F3NO3/c19-18(20,21)13-3-1-2-12(9-13)14-10-15(14)17(25)22-6-4-11(5-7-22)8-16(23)24/h1-3,9,11,14-15H,4-8,10H2,(H,23,24). The molecule has 0 spiro atoms. The Balaban J connectivity index is 1.57. The summed E-state index contributed by atoms with van der Waals surface area (Å²) < 4.78 is 38.4. The molecule has 2 fully saturated rings. The number of carbonyl (C=O) groups excluding carboxylic acids is 1. The van der Waals surface area contributed by atoms with E-state index in [1.807, 2.05) is 0 Å². The quantitative estimate of drug-likeness (QED) is 0.899. The van der Waals surface area contributed by atoms with Crippen molar-refractivity contribution in [2.24, 2.45) is 11.8 Å². The molecular weight excluding hydrogens is 335 g/mol. The third-order valence-electron chi connectivity index (χ3n) is 5.14. The molecular formula is C18H20F3NO3. The van der Waals surface area contributed by atoms with E-state index in [-0.39, 0.29) is 30.1 Å². The molecule has 0 aromatic heterocycles. The first kappa shape index (κ1) is 17.8. The highest BCUT2D eigenvalue weighted by Crippen LogP contribution is 2.49. The van der Waals surface area contributed by atoms with Crippen LogP contribution in [0.3, 0.4) is 0 Å². The van der Waals surface area contributed by atoms with E-state index in [1.165, 1.54) is 6.07 Å². The lowest BCUT2D eigenvalue weighted by molar-refractivity contribution is -0.139. The molecule has 0 bridgehead atoms. The number of benzene rings is 1. The number of hydrogen-bond donors (Lipinski definition) is 1. The molecule has 1 amide bonds. The van der Waals surface area contributed by atoms with E-state index in [2.05, 4.69) is 0 Å². The van der Waals surface area contributed by atoms with Gasteiger partial charge in [0.1, 0.15) is 0 Å². The molecule has 0 radical (unpaired) electrons. The molecule has 1 N–H and O–H groups in total. The normalized spacial score (nSPS) is 24.2. The number of aliphatic carboxylic acids is 1. The number of halogens is 3. The van der Waals surface area contributed by atoms with Crippen molar-refractivity contribution >= 4 is 11.9 Å². The first-order valence-electron chi connectivity index (χ1n) is 8.43. The number of nitrogens with zero attached hydrogens (tertiary/aromatic N) is 1. The van der Waals surface area contributed by atoms with Gasteiger partial charge in [-0.05, 0) is 42.7 Å². The highest BCUT2D eigenvalue weighted by molar-refractivity contribution is 5.83. The largest absolute Gasteiger partial charge is 0.481 e. The van der Waals surface area contributed by atoms with Crippen LogP contribution in [0.4, 0.5) is 13.2 Å². The second-order valence-electron chi connectivity index (χ2n) is 6.94. The molecule has 25 heavy (non-hydrogen) atoms. The van der Waals surface area contributed by atoms with E-state index in [4.69, 9.17) is 5.11 Å². The number of piperidine rings is 1. The van der Waals surface area contributed by atoms with Crippen LogP contribution >= 0.6 is 0 Å². The van der Waals surface area contributed by atoms with Crippen molar-refractivity contribution in [3.8, 4) is 0 Å². The minimum atomic E-state index is -4.38. The lowest BCUT2D eigenvalue weighted by Gasteiger charge is -2.31. The first-order valence-corrected chi connectivity index (χ1v) is 8.43. The number of likely N-dealkylation sites (tertiary alicyclic amines) is 1. The Morgan fingerprint density at radius 1 is 1.20 bits per heavy atom. The van der Waals surface area contributed by atoms with E-state index in [9.17, 15) is 22.8 Å². The number of rotatable bonds is 4. The maximum atomic E-state index is 12.8. The number of alkyl halides is 3. The fourth-order valence-electron chi connectivity index (χ4n) is 3.62. The molecule has 2 atom stereocenters.